The van der Waals surface area contributed by atoms with E-state index in [1.165, 1.54) is 17.3 Å². The molecule has 0 bridgehead atoms. The van der Waals surface area contributed by atoms with Gasteiger partial charge in [-0.1, -0.05) is 30.0 Å². The van der Waals surface area contributed by atoms with Crippen molar-refractivity contribution in [1.29, 1.82) is 0 Å². The van der Waals surface area contributed by atoms with Gasteiger partial charge in [-0.3, -0.25) is 9.69 Å². The Kier molecular flexibility index (Phi) is 4.42. The van der Waals surface area contributed by atoms with Gasteiger partial charge in [0, 0.05) is 6.08 Å². The second kappa shape index (κ2) is 6.17. The van der Waals surface area contributed by atoms with E-state index < -0.39 is 0 Å². The summed E-state index contributed by atoms with van der Waals surface area (Å²) in [5.74, 6) is 0.551. The van der Waals surface area contributed by atoms with Crippen molar-refractivity contribution in [3.8, 4) is 0 Å². The van der Waals surface area contributed by atoms with E-state index in [4.69, 9.17) is 16.6 Å². The first-order valence-electron chi connectivity index (χ1n) is 6.56. The summed E-state index contributed by atoms with van der Waals surface area (Å²) in [5, 5.41) is 0. The molecule has 112 valence electrons. The summed E-state index contributed by atoms with van der Waals surface area (Å²) in [4.78, 5) is 14.8. The predicted octanol–water partition coefficient (Wildman–Crippen LogP) is 4.91. The van der Waals surface area contributed by atoms with Gasteiger partial charge in [0.1, 0.15) is 5.76 Å². The summed E-state index contributed by atoms with van der Waals surface area (Å²) in [5.41, 5.74) is 3.13. The molecule has 3 nitrogen and oxygen atoms in total. The molecular weight excluding hydrogens is 429 g/mol. The molecule has 1 aliphatic heterocycles. The topological polar surface area (TPSA) is 33.5 Å². The molecule has 0 spiro atoms. The van der Waals surface area contributed by atoms with Gasteiger partial charge in [-0.2, -0.15) is 0 Å². The number of hydrogen-bond donors (Lipinski definition) is 0. The van der Waals surface area contributed by atoms with E-state index in [1.807, 2.05) is 44.2 Å². The number of carbonyl (C=O) groups excluding carboxylic acids is 1. The molecular formula is C16H12INO2S2. The predicted molar refractivity (Wildman–Crippen MR) is 103 cm³/mol. The number of aryl methyl sites for hydroxylation is 2. The standard InChI is InChI=1S/C16H12INO2S2/c1-9-3-4-11(7-10(9)2)18-15(19)13(22-16(18)21)8-12-5-6-14(17)20-12/h3-8H,1-2H3/b13-8-. The summed E-state index contributed by atoms with van der Waals surface area (Å²) < 4.78 is 6.82. The van der Waals surface area contributed by atoms with E-state index in [0.29, 0.717) is 15.0 Å². The van der Waals surface area contributed by atoms with Gasteiger partial charge < -0.3 is 4.42 Å². The summed E-state index contributed by atoms with van der Waals surface area (Å²) >= 11 is 8.76. The van der Waals surface area contributed by atoms with Crippen LogP contribution in [0.25, 0.3) is 6.08 Å². The van der Waals surface area contributed by atoms with Crippen LogP contribution in [0, 0.1) is 17.6 Å². The monoisotopic (exact) mass is 441 g/mol. The highest BCUT2D eigenvalue weighted by Gasteiger charge is 2.33. The number of halogens is 1. The largest absolute Gasteiger partial charge is 0.451 e. The van der Waals surface area contributed by atoms with Crippen LogP contribution in [0.3, 0.4) is 0 Å². The van der Waals surface area contributed by atoms with Crippen LogP contribution in [0.5, 0.6) is 0 Å². The fourth-order valence-electron chi connectivity index (χ4n) is 2.09. The van der Waals surface area contributed by atoms with E-state index in [0.717, 1.165) is 15.0 Å². The molecule has 2 heterocycles. The fraction of sp³-hybridized carbons (Fsp3) is 0.125. The van der Waals surface area contributed by atoms with Gasteiger partial charge in [0.15, 0.2) is 8.09 Å². The van der Waals surface area contributed by atoms with E-state index in [2.05, 4.69) is 22.6 Å². The third-order valence-corrected chi connectivity index (χ3v) is 5.29. The van der Waals surface area contributed by atoms with E-state index in [-0.39, 0.29) is 5.91 Å². The first kappa shape index (κ1) is 15.8. The Labute approximate surface area is 151 Å². The Morgan fingerprint density at radius 2 is 2.00 bits per heavy atom. The Bertz CT molecular complexity index is 810. The Hall–Kier alpha value is -1.12. The van der Waals surface area contributed by atoms with Crippen molar-refractivity contribution in [2.24, 2.45) is 0 Å². The summed E-state index contributed by atoms with van der Waals surface area (Å²) in [6, 6.07) is 9.60. The quantitative estimate of drug-likeness (QED) is 0.377. The molecule has 1 aliphatic rings. The molecule has 0 saturated carbocycles. The van der Waals surface area contributed by atoms with Crippen molar-refractivity contribution >= 4 is 68.6 Å². The summed E-state index contributed by atoms with van der Waals surface area (Å²) in [6.45, 7) is 4.07. The molecule has 1 amide bonds. The van der Waals surface area contributed by atoms with E-state index in [1.54, 1.807) is 11.0 Å². The number of furan rings is 1. The highest BCUT2D eigenvalue weighted by Crippen LogP contribution is 2.36. The maximum Gasteiger partial charge on any atom is 0.270 e. The third kappa shape index (κ3) is 3.00. The van der Waals surface area contributed by atoms with Gasteiger partial charge >= 0.3 is 0 Å². The lowest BCUT2D eigenvalue weighted by molar-refractivity contribution is -0.113. The fourth-order valence-corrected chi connectivity index (χ4v) is 3.80. The number of nitrogens with zero attached hydrogens (tertiary/aromatic N) is 1. The van der Waals surface area contributed by atoms with Crippen LogP contribution in [-0.2, 0) is 4.79 Å². The number of amides is 1. The van der Waals surface area contributed by atoms with Crippen LogP contribution in [0.15, 0.2) is 39.7 Å². The molecule has 0 atom stereocenters. The first-order chi connectivity index (χ1) is 10.5. The lowest BCUT2D eigenvalue weighted by Gasteiger charge is -2.15. The Morgan fingerprint density at radius 3 is 2.64 bits per heavy atom. The number of hydrogen-bond acceptors (Lipinski definition) is 4. The zero-order valence-electron chi connectivity index (χ0n) is 11.9. The lowest BCUT2D eigenvalue weighted by atomic mass is 10.1. The molecule has 1 aromatic heterocycles. The van der Waals surface area contributed by atoms with Crippen LogP contribution in [0.1, 0.15) is 16.9 Å². The van der Waals surface area contributed by atoms with Crippen molar-refractivity contribution in [3.05, 3.63) is 55.9 Å². The number of benzene rings is 1. The van der Waals surface area contributed by atoms with Crippen molar-refractivity contribution in [1.82, 2.24) is 0 Å². The lowest BCUT2D eigenvalue weighted by Crippen LogP contribution is -2.27. The van der Waals surface area contributed by atoms with Crippen molar-refractivity contribution < 1.29 is 9.21 Å². The van der Waals surface area contributed by atoms with Gasteiger partial charge in [-0.05, 0) is 71.8 Å². The molecule has 1 saturated heterocycles. The highest BCUT2D eigenvalue weighted by molar-refractivity contribution is 14.1. The van der Waals surface area contributed by atoms with Crippen LogP contribution in [0.4, 0.5) is 5.69 Å². The van der Waals surface area contributed by atoms with Gasteiger partial charge in [-0.15, -0.1) is 0 Å². The van der Waals surface area contributed by atoms with Crippen LogP contribution in [-0.4, -0.2) is 10.2 Å². The third-order valence-electron chi connectivity index (χ3n) is 3.41. The molecule has 22 heavy (non-hydrogen) atoms. The number of carbonyl (C=O) groups is 1. The molecule has 0 aliphatic carbocycles. The zero-order valence-corrected chi connectivity index (χ0v) is 15.7. The minimum absolute atomic E-state index is 0.107. The number of thioether (sulfide) groups is 1. The number of thiocarbonyl (C=S) groups is 1. The molecule has 3 rings (SSSR count). The maximum absolute atomic E-state index is 12.6. The first-order valence-corrected chi connectivity index (χ1v) is 8.86. The van der Waals surface area contributed by atoms with Gasteiger partial charge in [0.05, 0.1) is 10.6 Å². The van der Waals surface area contributed by atoms with E-state index in [9.17, 15) is 4.79 Å². The van der Waals surface area contributed by atoms with Gasteiger partial charge in [0.25, 0.3) is 5.91 Å². The minimum atomic E-state index is -0.107. The van der Waals surface area contributed by atoms with Crippen molar-refractivity contribution in [2.45, 2.75) is 13.8 Å². The summed E-state index contributed by atoms with van der Waals surface area (Å²) in [6.07, 6.45) is 1.74. The Morgan fingerprint density at radius 1 is 1.23 bits per heavy atom. The zero-order chi connectivity index (χ0) is 15.9. The van der Waals surface area contributed by atoms with Crippen LogP contribution >= 0.6 is 46.6 Å². The molecule has 6 heteroatoms. The van der Waals surface area contributed by atoms with Crippen LogP contribution < -0.4 is 4.90 Å². The molecule has 2 aromatic rings. The average molecular weight is 441 g/mol. The normalized spacial score (nSPS) is 16.9. The van der Waals surface area contributed by atoms with E-state index >= 15 is 0 Å². The number of anilines is 1. The van der Waals surface area contributed by atoms with Gasteiger partial charge in [-0.25, -0.2) is 0 Å². The second-order valence-corrected chi connectivity index (χ2v) is 7.67. The van der Waals surface area contributed by atoms with Crippen LogP contribution in [0.2, 0.25) is 0 Å². The average Bonchev–Trinajstić information content (AvgIpc) is 2.98. The molecule has 1 aromatic carbocycles. The molecule has 0 radical (unpaired) electrons. The van der Waals surface area contributed by atoms with Crippen molar-refractivity contribution in [3.63, 3.8) is 0 Å². The molecule has 0 unspecified atom stereocenters. The summed E-state index contributed by atoms with van der Waals surface area (Å²) in [7, 11) is 0. The Balaban J connectivity index is 1.94. The highest BCUT2D eigenvalue weighted by atomic mass is 127. The molecule has 1 fully saturated rings. The number of rotatable bonds is 2. The minimum Gasteiger partial charge on any atom is -0.451 e. The second-order valence-electron chi connectivity index (χ2n) is 4.93. The van der Waals surface area contributed by atoms with Crippen molar-refractivity contribution in [2.75, 3.05) is 4.90 Å². The SMILES string of the molecule is Cc1ccc(N2C(=O)/C(=C/c3ccc(I)o3)SC2=S)cc1C. The van der Waals surface area contributed by atoms with Gasteiger partial charge in [0.2, 0.25) is 0 Å². The molecule has 0 N–H and O–H groups in total. The smallest absolute Gasteiger partial charge is 0.270 e. The maximum atomic E-state index is 12.6.